The summed E-state index contributed by atoms with van der Waals surface area (Å²) >= 11 is 0. The van der Waals surface area contributed by atoms with Crippen LogP contribution in [0.1, 0.15) is 54.7 Å². The van der Waals surface area contributed by atoms with E-state index in [0.717, 1.165) is 50.9 Å². The number of nitrogens with zero attached hydrogens (tertiary/aromatic N) is 3. The minimum atomic E-state index is -1.37. The van der Waals surface area contributed by atoms with Crippen LogP contribution in [0.25, 0.3) is 56.4 Å². The molecule has 1 aliphatic rings. The monoisotopic (exact) mass is 1020 g/mol. The molecule has 0 atom stereocenters. The maximum Gasteiger partial charge on any atom is 0.0775 e. The largest absolute Gasteiger partial charge is 0.310 e. The fraction of sp³-hybridized carbons (Fsp3) is 0.169. The standard InChI is InChI=1S/C71H69N3Si2/c1-75(2,3)66-45-33-57(34-46-66)55-29-40-63(41-30-55)73(62-38-27-54(28-39-62)53-15-9-7-10-16-53)65-44-49-70(72-51-65)60-25-22-52(23-26-60)21-24-59-37-50-71(69-20-14-13-19-68(59)69)74(61-17-11-8-12-18-61)64-42-31-56(32-43-64)58-35-47-67(48-36-58)76(4,5)6/h8,11-14,17-51,53H,7,9-10,15-16H2,1-6H3/b24-21+. The number of aromatic nitrogens is 1. The number of rotatable bonds is 14. The van der Waals surface area contributed by atoms with Crippen LogP contribution in [-0.4, -0.2) is 21.1 Å². The molecule has 76 heavy (non-hydrogen) atoms. The van der Waals surface area contributed by atoms with Crippen LogP contribution in [0.4, 0.5) is 34.1 Å². The van der Waals surface area contributed by atoms with Crippen molar-refractivity contribution in [3.63, 3.8) is 0 Å². The van der Waals surface area contributed by atoms with Gasteiger partial charge < -0.3 is 9.80 Å². The van der Waals surface area contributed by atoms with E-state index in [1.54, 1.807) is 0 Å². The van der Waals surface area contributed by atoms with Gasteiger partial charge in [-0.05, 0) is 130 Å². The summed E-state index contributed by atoms with van der Waals surface area (Å²) in [5.74, 6) is 0.660. The summed E-state index contributed by atoms with van der Waals surface area (Å²) in [7, 11) is -2.74. The van der Waals surface area contributed by atoms with E-state index in [2.05, 4.69) is 286 Å². The van der Waals surface area contributed by atoms with Gasteiger partial charge in [0.1, 0.15) is 0 Å². The highest BCUT2D eigenvalue weighted by molar-refractivity contribution is 6.89. The molecule has 10 aromatic rings. The lowest BCUT2D eigenvalue weighted by Crippen LogP contribution is -2.37. The Morgan fingerprint density at radius 1 is 0.382 bits per heavy atom. The topological polar surface area (TPSA) is 19.4 Å². The van der Waals surface area contributed by atoms with Crippen LogP contribution in [0.3, 0.4) is 0 Å². The van der Waals surface area contributed by atoms with Gasteiger partial charge in [0.15, 0.2) is 0 Å². The van der Waals surface area contributed by atoms with Gasteiger partial charge in [-0.3, -0.25) is 4.98 Å². The number of fused-ring (bicyclic) bond motifs is 1. The molecular formula is C71H69N3Si2. The second kappa shape index (κ2) is 21.8. The number of anilines is 6. The summed E-state index contributed by atoms with van der Waals surface area (Å²) in [4.78, 5) is 9.82. The van der Waals surface area contributed by atoms with Crippen molar-refractivity contribution in [1.29, 1.82) is 0 Å². The third kappa shape index (κ3) is 11.1. The molecule has 1 aliphatic carbocycles. The van der Waals surface area contributed by atoms with Crippen molar-refractivity contribution in [2.45, 2.75) is 77.3 Å². The average Bonchev–Trinajstić information content (AvgIpc) is 3.46. The molecule has 0 N–H and O–H groups in total. The van der Waals surface area contributed by atoms with Crippen LogP contribution in [0, 0.1) is 0 Å². The molecule has 1 saturated carbocycles. The molecule has 0 aliphatic heterocycles. The van der Waals surface area contributed by atoms with Crippen molar-refractivity contribution >= 4 is 83.6 Å². The highest BCUT2D eigenvalue weighted by Crippen LogP contribution is 2.42. The Kier molecular flexibility index (Phi) is 14.4. The van der Waals surface area contributed by atoms with E-state index >= 15 is 0 Å². The van der Waals surface area contributed by atoms with Gasteiger partial charge in [0, 0.05) is 33.7 Å². The molecule has 1 fully saturated rings. The highest BCUT2D eigenvalue weighted by Gasteiger charge is 2.21. The first-order valence-corrected chi connectivity index (χ1v) is 34.4. The van der Waals surface area contributed by atoms with Crippen LogP contribution in [0.15, 0.2) is 231 Å². The highest BCUT2D eigenvalue weighted by atomic mass is 28.3. The van der Waals surface area contributed by atoms with E-state index in [4.69, 9.17) is 4.98 Å². The summed E-state index contributed by atoms with van der Waals surface area (Å²) in [6.07, 6.45) is 13.1. The van der Waals surface area contributed by atoms with E-state index < -0.39 is 16.1 Å². The smallest absolute Gasteiger partial charge is 0.0775 e. The maximum atomic E-state index is 5.10. The lowest BCUT2D eigenvalue weighted by atomic mass is 9.84. The summed E-state index contributed by atoms with van der Waals surface area (Å²) in [5.41, 5.74) is 17.4. The molecule has 0 bridgehead atoms. The van der Waals surface area contributed by atoms with Crippen LogP contribution in [-0.2, 0) is 0 Å². The first kappa shape index (κ1) is 50.3. The second-order valence-corrected chi connectivity index (χ2v) is 32.9. The molecule has 3 nitrogen and oxygen atoms in total. The predicted molar refractivity (Wildman–Crippen MR) is 335 cm³/mol. The minimum Gasteiger partial charge on any atom is -0.310 e. The Morgan fingerprint density at radius 3 is 1.37 bits per heavy atom. The Labute approximate surface area is 453 Å². The summed E-state index contributed by atoms with van der Waals surface area (Å²) in [6.45, 7) is 14.4. The number of para-hydroxylation sites is 1. The Hall–Kier alpha value is -7.84. The van der Waals surface area contributed by atoms with Crippen molar-refractivity contribution in [3.05, 3.63) is 247 Å². The van der Waals surface area contributed by atoms with Crippen LogP contribution in [0.5, 0.6) is 0 Å². The third-order valence-corrected chi connectivity index (χ3v) is 19.6. The van der Waals surface area contributed by atoms with Gasteiger partial charge in [-0.2, -0.15) is 0 Å². The van der Waals surface area contributed by atoms with E-state index in [-0.39, 0.29) is 0 Å². The van der Waals surface area contributed by atoms with Crippen molar-refractivity contribution in [2.24, 2.45) is 0 Å². The van der Waals surface area contributed by atoms with E-state index in [1.165, 1.54) is 86.6 Å². The quantitative estimate of drug-likeness (QED) is 0.0799. The molecular weight excluding hydrogens is 951 g/mol. The van der Waals surface area contributed by atoms with Gasteiger partial charge in [0.2, 0.25) is 0 Å². The molecule has 0 saturated heterocycles. The molecule has 1 aromatic heterocycles. The Balaban J connectivity index is 0.836. The van der Waals surface area contributed by atoms with Crippen molar-refractivity contribution in [3.8, 4) is 33.5 Å². The second-order valence-electron chi connectivity index (χ2n) is 22.8. The van der Waals surface area contributed by atoms with Crippen molar-refractivity contribution < 1.29 is 0 Å². The van der Waals surface area contributed by atoms with Gasteiger partial charge in [0.25, 0.3) is 0 Å². The number of pyridine rings is 1. The van der Waals surface area contributed by atoms with Crippen LogP contribution >= 0.6 is 0 Å². The molecule has 11 rings (SSSR count). The normalized spacial score (nSPS) is 13.3. The average molecular weight is 1020 g/mol. The molecule has 1 heterocycles. The number of hydrogen-bond acceptors (Lipinski definition) is 3. The van der Waals surface area contributed by atoms with Gasteiger partial charge in [-0.1, -0.05) is 239 Å². The van der Waals surface area contributed by atoms with E-state index in [1.807, 2.05) is 6.20 Å². The number of hydrogen-bond donors (Lipinski definition) is 0. The summed E-state index contributed by atoms with van der Waals surface area (Å²) in [5, 5.41) is 5.36. The maximum absolute atomic E-state index is 5.10. The Bertz CT molecular complexity index is 3570. The van der Waals surface area contributed by atoms with Gasteiger partial charge in [-0.25, -0.2) is 0 Å². The van der Waals surface area contributed by atoms with Crippen LogP contribution < -0.4 is 20.2 Å². The molecule has 0 radical (unpaired) electrons. The minimum absolute atomic E-state index is 0.660. The van der Waals surface area contributed by atoms with Gasteiger partial charge in [-0.15, -0.1) is 0 Å². The zero-order valence-electron chi connectivity index (χ0n) is 45.0. The predicted octanol–water partition coefficient (Wildman–Crippen LogP) is 19.5. The van der Waals surface area contributed by atoms with Crippen molar-refractivity contribution in [1.82, 2.24) is 4.98 Å². The zero-order chi connectivity index (χ0) is 52.2. The van der Waals surface area contributed by atoms with Crippen molar-refractivity contribution in [2.75, 3.05) is 9.80 Å². The molecule has 0 unspecified atom stereocenters. The van der Waals surface area contributed by atoms with E-state index in [9.17, 15) is 0 Å². The lowest BCUT2D eigenvalue weighted by molar-refractivity contribution is 0.443. The summed E-state index contributed by atoms with van der Waals surface area (Å²) in [6, 6.07) is 82.9. The zero-order valence-corrected chi connectivity index (χ0v) is 47.0. The molecule has 0 amide bonds. The Morgan fingerprint density at radius 2 is 0.842 bits per heavy atom. The third-order valence-electron chi connectivity index (χ3n) is 15.5. The van der Waals surface area contributed by atoms with Gasteiger partial charge in [0.05, 0.1) is 39.4 Å². The molecule has 9 aromatic carbocycles. The first-order valence-electron chi connectivity index (χ1n) is 27.4. The molecule has 0 spiro atoms. The van der Waals surface area contributed by atoms with Crippen LogP contribution in [0.2, 0.25) is 39.3 Å². The summed E-state index contributed by atoms with van der Waals surface area (Å²) < 4.78 is 0. The first-order chi connectivity index (χ1) is 36.9. The molecule has 5 heteroatoms. The van der Waals surface area contributed by atoms with Gasteiger partial charge >= 0.3 is 0 Å². The fourth-order valence-corrected chi connectivity index (χ4v) is 13.3. The van der Waals surface area contributed by atoms with E-state index in [0.29, 0.717) is 5.92 Å². The fourth-order valence-electron chi connectivity index (χ4n) is 11.0. The lowest BCUT2D eigenvalue weighted by Gasteiger charge is -2.27. The number of benzene rings is 9. The molecule has 376 valence electrons. The SMILES string of the molecule is C[Si](C)(C)c1ccc(-c2ccc(N(c3ccc(C4CCCCC4)cc3)c3ccc(-c4ccc(/C=C/c5ccc(N(c6ccccc6)c6ccc(-c7ccc([Si](C)(C)C)cc7)cc6)c6ccccc56)cc4)nc3)cc2)cc1.